The molecule has 0 fully saturated rings. The lowest BCUT2D eigenvalue weighted by Crippen LogP contribution is -1.73. The van der Waals surface area contributed by atoms with Gasteiger partial charge in [-0.05, 0) is 25.1 Å². The number of rotatable bonds is 2. The Kier molecular flexibility index (Phi) is 2.19. The number of allylic oxidation sites excluding steroid dienone is 1. The molecule has 0 saturated carbocycles. The van der Waals surface area contributed by atoms with Crippen LogP contribution in [0.5, 0.6) is 0 Å². The highest BCUT2D eigenvalue weighted by atomic mass is 16.1. The molecule has 1 N–H and O–H groups in total. The minimum absolute atomic E-state index is 0.793. The number of aromatic nitrogens is 1. The second-order valence-corrected chi connectivity index (χ2v) is 3.20. The van der Waals surface area contributed by atoms with E-state index in [0.29, 0.717) is 0 Å². The van der Waals surface area contributed by atoms with Crippen LogP contribution in [-0.2, 0) is 4.79 Å². The Morgan fingerprint density at radius 3 is 2.86 bits per heavy atom. The van der Waals surface area contributed by atoms with Gasteiger partial charge in [-0.3, -0.25) is 4.79 Å². The minimum atomic E-state index is 0.793. The van der Waals surface area contributed by atoms with E-state index in [1.807, 2.05) is 37.3 Å². The van der Waals surface area contributed by atoms with Gasteiger partial charge in [-0.25, -0.2) is 0 Å². The van der Waals surface area contributed by atoms with Crippen LogP contribution >= 0.6 is 0 Å². The normalized spacial score (nSPS) is 11.2. The monoisotopic (exact) mass is 185 g/mol. The quantitative estimate of drug-likeness (QED) is 0.566. The Morgan fingerprint density at radius 1 is 1.29 bits per heavy atom. The Hall–Kier alpha value is -1.83. The number of carbonyl (C=O) groups is 1. The number of aromatic amines is 1. The zero-order valence-electron chi connectivity index (χ0n) is 7.95. The maximum absolute atomic E-state index is 10.3. The van der Waals surface area contributed by atoms with Crippen molar-refractivity contribution in [1.29, 1.82) is 0 Å². The number of hydrogen-bond donors (Lipinski definition) is 1. The van der Waals surface area contributed by atoms with E-state index >= 15 is 0 Å². The number of carbonyl (C=O) groups excluding carboxylic acids is 1. The Balaban J connectivity index is 2.67. The van der Waals surface area contributed by atoms with Gasteiger partial charge in [0.05, 0.1) is 0 Å². The zero-order valence-corrected chi connectivity index (χ0v) is 7.95. The summed E-state index contributed by atoms with van der Waals surface area (Å²) in [5.74, 6) is 0. The maximum atomic E-state index is 10.3. The van der Waals surface area contributed by atoms with Crippen molar-refractivity contribution in [3.05, 3.63) is 41.6 Å². The zero-order chi connectivity index (χ0) is 9.97. The summed E-state index contributed by atoms with van der Waals surface area (Å²) in [7, 11) is 0. The first kappa shape index (κ1) is 8.75. The second kappa shape index (κ2) is 3.50. The van der Waals surface area contributed by atoms with Gasteiger partial charge in [-0.2, -0.15) is 0 Å². The summed E-state index contributed by atoms with van der Waals surface area (Å²) < 4.78 is 0. The van der Waals surface area contributed by atoms with E-state index < -0.39 is 0 Å². The van der Waals surface area contributed by atoms with Gasteiger partial charge in [0.1, 0.15) is 6.29 Å². The molecule has 0 aliphatic heterocycles. The maximum Gasteiger partial charge on any atom is 0.142 e. The van der Waals surface area contributed by atoms with Gasteiger partial charge in [-0.15, -0.1) is 0 Å². The first-order chi connectivity index (χ1) is 6.83. The van der Waals surface area contributed by atoms with E-state index in [4.69, 9.17) is 0 Å². The summed E-state index contributed by atoms with van der Waals surface area (Å²) in [5.41, 5.74) is 3.28. The molecule has 1 heterocycles. The second-order valence-electron chi connectivity index (χ2n) is 3.20. The number of fused-ring (bicyclic) bond motifs is 1. The van der Waals surface area contributed by atoms with Crippen LogP contribution in [0.3, 0.4) is 0 Å². The van der Waals surface area contributed by atoms with Crippen LogP contribution < -0.4 is 0 Å². The first-order valence-electron chi connectivity index (χ1n) is 4.52. The van der Waals surface area contributed by atoms with Crippen LogP contribution in [0.25, 0.3) is 17.0 Å². The molecule has 14 heavy (non-hydrogen) atoms. The predicted octanol–water partition coefficient (Wildman–Crippen LogP) is 2.69. The highest BCUT2D eigenvalue weighted by molar-refractivity contribution is 5.92. The molecule has 2 nitrogen and oxygen atoms in total. The minimum Gasteiger partial charge on any atom is -0.358 e. The highest BCUT2D eigenvalue weighted by Crippen LogP contribution is 2.22. The molecule has 0 unspecified atom stereocenters. The summed E-state index contributed by atoms with van der Waals surface area (Å²) in [6.45, 7) is 2.00. The van der Waals surface area contributed by atoms with Crippen molar-refractivity contribution in [2.75, 3.05) is 0 Å². The average Bonchev–Trinajstić information content (AvgIpc) is 2.51. The van der Waals surface area contributed by atoms with Crippen LogP contribution in [0.2, 0.25) is 0 Å². The summed E-state index contributed by atoms with van der Waals surface area (Å²) in [6.07, 6.45) is 4.14. The van der Waals surface area contributed by atoms with Crippen LogP contribution in [-0.4, -0.2) is 11.3 Å². The number of aldehydes is 1. The van der Waals surface area contributed by atoms with Crippen LogP contribution in [0.1, 0.15) is 11.3 Å². The summed E-state index contributed by atoms with van der Waals surface area (Å²) in [5, 5.41) is 1.16. The van der Waals surface area contributed by atoms with E-state index in [1.54, 1.807) is 0 Å². The molecule has 70 valence electrons. The molecule has 2 heteroatoms. The standard InChI is InChI=1S/C12H11NO/c1-9-10(6-4-8-14)11-5-2-3-7-12(11)13-9/h2-8,13H,1H3/b6-4+. The van der Waals surface area contributed by atoms with Gasteiger partial charge >= 0.3 is 0 Å². The fourth-order valence-electron chi connectivity index (χ4n) is 1.65. The van der Waals surface area contributed by atoms with Crippen molar-refractivity contribution in [2.45, 2.75) is 6.92 Å². The van der Waals surface area contributed by atoms with Crippen molar-refractivity contribution < 1.29 is 4.79 Å². The molecular formula is C12H11NO. The Bertz CT molecular complexity index is 494. The average molecular weight is 185 g/mol. The topological polar surface area (TPSA) is 32.9 Å². The van der Waals surface area contributed by atoms with Crippen molar-refractivity contribution >= 4 is 23.3 Å². The van der Waals surface area contributed by atoms with Crippen LogP contribution in [0.15, 0.2) is 30.3 Å². The van der Waals surface area contributed by atoms with Crippen molar-refractivity contribution in [3.63, 3.8) is 0 Å². The molecule has 0 bridgehead atoms. The number of nitrogens with one attached hydrogen (secondary N) is 1. The number of aryl methyl sites for hydroxylation is 1. The van der Waals surface area contributed by atoms with Crippen molar-refractivity contribution in [1.82, 2.24) is 4.98 Å². The molecule has 0 atom stereocenters. The fraction of sp³-hybridized carbons (Fsp3) is 0.0833. The highest BCUT2D eigenvalue weighted by Gasteiger charge is 2.03. The van der Waals surface area contributed by atoms with Crippen LogP contribution in [0.4, 0.5) is 0 Å². The summed E-state index contributed by atoms with van der Waals surface area (Å²) in [4.78, 5) is 13.5. The first-order valence-corrected chi connectivity index (χ1v) is 4.52. The molecule has 0 aliphatic carbocycles. The Labute approximate surface area is 82.3 Å². The third-order valence-electron chi connectivity index (χ3n) is 2.28. The van der Waals surface area contributed by atoms with Gasteiger partial charge in [0, 0.05) is 22.2 Å². The van der Waals surface area contributed by atoms with E-state index in [2.05, 4.69) is 4.98 Å². The lowest BCUT2D eigenvalue weighted by molar-refractivity contribution is -0.104. The number of H-pyrrole nitrogens is 1. The molecule has 1 aromatic carbocycles. The molecular weight excluding hydrogens is 174 g/mol. The number of hydrogen-bond acceptors (Lipinski definition) is 1. The lowest BCUT2D eigenvalue weighted by Gasteiger charge is -1.90. The van der Waals surface area contributed by atoms with Gasteiger partial charge in [0.15, 0.2) is 0 Å². The molecule has 2 rings (SSSR count). The van der Waals surface area contributed by atoms with Gasteiger partial charge in [-0.1, -0.05) is 18.2 Å². The molecule has 0 amide bonds. The Morgan fingerprint density at radius 2 is 2.07 bits per heavy atom. The lowest BCUT2D eigenvalue weighted by atomic mass is 10.1. The van der Waals surface area contributed by atoms with E-state index in [0.717, 1.165) is 28.4 Å². The van der Waals surface area contributed by atoms with Crippen molar-refractivity contribution in [3.8, 4) is 0 Å². The molecule has 2 aromatic rings. The molecule has 0 spiro atoms. The van der Waals surface area contributed by atoms with E-state index in [9.17, 15) is 4.79 Å². The third-order valence-corrected chi connectivity index (χ3v) is 2.28. The molecule has 0 radical (unpaired) electrons. The van der Waals surface area contributed by atoms with E-state index in [-0.39, 0.29) is 0 Å². The van der Waals surface area contributed by atoms with E-state index in [1.165, 1.54) is 6.08 Å². The molecule has 0 saturated heterocycles. The predicted molar refractivity (Wildman–Crippen MR) is 58.1 cm³/mol. The molecule has 1 aromatic heterocycles. The number of para-hydroxylation sites is 1. The van der Waals surface area contributed by atoms with Gasteiger partial charge in [0.25, 0.3) is 0 Å². The largest absolute Gasteiger partial charge is 0.358 e. The summed E-state index contributed by atoms with van der Waals surface area (Å²) in [6, 6.07) is 8.06. The smallest absolute Gasteiger partial charge is 0.142 e. The molecule has 0 aliphatic rings. The SMILES string of the molecule is Cc1[nH]c2ccccc2c1/C=C/C=O. The summed E-state index contributed by atoms with van der Waals surface area (Å²) >= 11 is 0. The van der Waals surface area contributed by atoms with Gasteiger partial charge in [0.2, 0.25) is 0 Å². The van der Waals surface area contributed by atoms with Gasteiger partial charge < -0.3 is 4.98 Å². The third kappa shape index (κ3) is 1.35. The fourth-order valence-corrected chi connectivity index (χ4v) is 1.65. The number of benzene rings is 1. The van der Waals surface area contributed by atoms with Crippen molar-refractivity contribution in [2.24, 2.45) is 0 Å². The van der Waals surface area contributed by atoms with Crippen LogP contribution in [0, 0.1) is 6.92 Å².